The number of rotatable bonds is 12. The third-order valence-corrected chi connectivity index (χ3v) is 5.45. The monoisotopic (exact) mass is 468 g/mol. The number of aliphatic carboxylic acids is 1. The van der Waals surface area contributed by atoms with Crippen LogP contribution in [0, 0.1) is 0 Å². The number of nitrogens with zero attached hydrogens (tertiary/aromatic N) is 2. The van der Waals surface area contributed by atoms with Crippen molar-refractivity contribution in [3.63, 3.8) is 0 Å². The van der Waals surface area contributed by atoms with Crippen LogP contribution in [0.3, 0.4) is 0 Å². The van der Waals surface area contributed by atoms with E-state index in [4.69, 9.17) is 19.3 Å². The third-order valence-electron chi connectivity index (χ3n) is 5.45. The molecule has 0 bridgehead atoms. The average molecular weight is 469 g/mol. The Morgan fingerprint density at radius 3 is 2.50 bits per heavy atom. The number of aliphatic hydroxyl groups excluding tert-OH is 1. The quantitative estimate of drug-likeness (QED) is 0.406. The molecule has 1 unspecified atom stereocenters. The third kappa shape index (κ3) is 5.69. The van der Waals surface area contributed by atoms with Crippen LogP contribution in [0.2, 0.25) is 0 Å². The highest BCUT2D eigenvalue weighted by Crippen LogP contribution is 2.40. The van der Waals surface area contributed by atoms with Crippen LogP contribution in [0.15, 0.2) is 42.5 Å². The summed E-state index contributed by atoms with van der Waals surface area (Å²) in [7, 11) is 3.16. The Balaban J connectivity index is 2.20. The second-order valence-electron chi connectivity index (χ2n) is 7.95. The van der Waals surface area contributed by atoms with Crippen molar-refractivity contribution in [3.05, 3.63) is 48.0 Å². The van der Waals surface area contributed by atoms with Gasteiger partial charge in [0.15, 0.2) is 11.5 Å². The van der Waals surface area contributed by atoms with Gasteiger partial charge in [0.2, 0.25) is 0 Å². The van der Waals surface area contributed by atoms with Gasteiger partial charge in [-0.1, -0.05) is 26.0 Å². The number of hydrogen-bond acceptors (Lipinski definition) is 6. The number of aromatic nitrogens is 2. The summed E-state index contributed by atoms with van der Waals surface area (Å²) in [5, 5.41) is 24.5. The van der Waals surface area contributed by atoms with Crippen molar-refractivity contribution < 1.29 is 29.2 Å². The number of carboxylic acid groups (broad SMARTS) is 1. The maximum absolute atomic E-state index is 11.3. The minimum atomic E-state index is -0.911. The molecular weight excluding hydrogens is 436 g/mol. The van der Waals surface area contributed by atoms with E-state index in [1.165, 1.54) is 0 Å². The van der Waals surface area contributed by atoms with Crippen LogP contribution >= 0.6 is 0 Å². The largest absolute Gasteiger partial charge is 0.493 e. The number of benzene rings is 2. The predicted octanol–water partition coefficient (Wildman–Crippen LogP) is 4.42. The van der Waals surface area contributed by atoms with E-state index in [0.29, 0.717) is 47.1 Å². The molecule has 8 nitrogen and oxygen atoms in total. The topological polar surface area (TPSA) is 103 Å². The van der Waals surface area contributed by atoms with E-state index in [1.807, 2.05) is 38.1 Å². The molecule has 34 heavy (non-hydrogen) atoms. The zero-order chi connectivity index (χ0) is 24.7. The molecule has 1 heterocycles. The molecule has 0 amide bonds. The van der Waals surface area contributed by atoms with E-state index in [-0.39, 0.29) is 13.0 Å². The van der Waals surface area contributed by atoms with Gasteiger partial charge in [-0.05, 0) is 48.7 Å². The second kappa shape index (κ2) is 11.6. The lowest BCUT2D eigenvalue weighted by Gasteiger charge is -2.15. The Labute approximate surface area is 199 Å². The Morgan fingerprint density at radius 1 is 1.06 bits per heavy atom. The molecule has 0 saturated carbocycles. The van der Waals surface area contributed by atoms with Gasteiger partial charge in [-0.25, -0.2) is 0 Å². The summed E-state index contributed by atoms with van der Waals surface area (Å²) in [5.74, 6) is 0.860. The predicted molar refractivity (Wildman–Crippen MR) is 130 cm³/mol. The van der Waals surface area contributed by atoms with Crippen LogP contribution in [0.5, 0.6) is 17.2 Å². The first-order chi connectivity index (χ1) is 16.4. The van der Waals surface area contributed by atoms with Crippen LogP contribution in [0.1, 0.15) is 32.3 Å². The van der Waals surface area contributed by atoms with E-state index < -0.39 is 12.1 Å². The fraction of sp³-hybridized carbons (Fsp3) is 0.385. The van der Waals surface area contributed by atoms with Gasteiger partial charge in [0, 0.05) is 11.1 Å². The van der Waals surface area contributed by atoms with Gasteiger partial charge in [0.25, 0.3) is 0 Å². The highest BCUT2D eigenvalue weighted by atomic mass is 16.5. The molecule has 8 heteroatoms. The highest BCUT2D eigenvalue weighted by Gasteiger charge is 2.21. The zero-order valence-electron chi connectivity index (χ0n) is 20.1. The van der Waals surface area contributed by atoms with Crippen LogP contribution in [0.4, 0.5) is 0 Å². The van der Waals surface area contributed by atoms with Gasteiger partial charge in [-0.3, -0.25) is 9.48 Å². The van der Waals surface area contributed by atoms with Crippen molar-refractivity contribution in [1.82, 2.24) is 9.78 Å². The molecule has 3 rings (SSSR count). The summed E-state index contributed by atoms with van der Waals surface area (Å²) in [4.78, 5) is 11.3. The van der Waals surface area contributed by atoms with Gasteiger partial charge in [0.05, 0.1) is 51.3 Å². The van der Waals surface area contributed by atoms with Gasteiger partial charge in [-0.2, -0.15) is 5.10 Å². The van der Waals surface area contributed by atoms with Crippen molar-refractivity contribution in [2.75, 3.05) is 20.8 Å². The number of ether oxygens (including phenoxy) is 3. The normalized spacial score (nSPS) is 11.8. The molecule has 3 aromatic rings. The fourth-order valence-electron chi connectivity index (χ4n) is 3.72. The summed E-state index contributed by atoms with van der Waals surface area (Å²) >= 11 is 0. The summed E-state index contributed by atoms with van der Waals surface area (Å²) < 4.78 is 18.8. The van der Waals surface area contributed by atoms with Crippen LogP contribution in [-0.4, -0.2) is 52.9 Å². The summed E-state index contributed by atoms with van der Waals surface area (Å²) in [5.41, 5.74) is 3.46. The number of methoxy groups -OCH3 is 2. The lowest BCUT2D eigenvalue weighted by atomic mass is 10.0. The number of hydrogen-bond donors (Lipinski definition) is 2. The van der Waals surface area contributed by atoms with E-state index in [9.17, 15) is 15.0 Å². The number of carboxylic acids is 1. The molecule has 1 aromatic heterocycles. The molecule has 1 atom stereocenters. The molecule has 0 radical (unpaired) electrons. The van der Waals surface area contributed by atoms with Crippen LogP contribution in [-0.2, 0) is 17.8 Å². The molecule has 0 aliphatic rings. The molecule has 0 spiro atoms. The fourth-order valence-corrected chi connectivity index (χ4v) is 3.72. The summed E-state index contributed by atoms with van der Waals surface area (Å²) in [6, 6.07) is 12.8. The Kier molecular flexibility index (Phi) is 8.54. The second-order valence-corrected chi connectivity index (χ2v) is 7.95. The van der Waals surface area contributed by atoms with Crippen LogP contribution < -0.4 is 14.2 Å². The average Bonchev–Trinajstić information content (AvgIpc) is 3.25. The SMILES string of the molecule is CCCOc1ccc(CC(=O)O)cc1-c1cc(-c2cccc(OC)c2OC)n(CC(O)CC)n1. The first-order valence-corrected chi connectivity index (χ1v) is 11.4. The maximum Gasteiger partial charge on any atom is 0.307 e. The van der Waals surface area contributed by atoms with E-state index in [0.717, 1.165) is 17.7 Å². The summed E-state index contributed by atoms with van der Waals surface area (Å²) in [6.07, 6.45) is 0.715. The summed E-state index contributed by atoms with van der Waals surface area (Å²) in [6.45, 7) is 4.74. The molecule has 0 aliphatic carbocycles. The minimum absolute atomic E-state index is 0.104. The smallest absolute Gasteiger partial charge is 0.307 e. The molecule has 2 N–H and O–H groups in total. The lowest BCUT2D eigenvalue weighted by molar-refractivity contribution is -0.136. The molecule has 0 aliphatic heterocycles. The number of aliphatic hydroxyl groups is 1. The first-order valence-electron chi connectivity index (χ1n) is 11.4. The highest BCUT2D eigenvalue weighted by molar-refractivity contribution is 5.78. The van der Waals surface area contributed by atoms with E-state index in [1.54, 1.807) is 37.1 Å². The Morgan fingerprint density at radius 2 is 1.85 bits per heavy atom. The van der Waals surface area contributed by atoms with Crippen molar-refractivity contribution in [2.45, 2.75) is 45.8 Å². The van der Waals surface area contributed by atoms with Crippen molar-refractivity contribution >= 4 is 5.97 Å². The van der Waals surface area contributed by atoms with E-state index in [2.05, 4.69) is 0 Å². The van der Waals surface area contributed by atoms with Crippen LogP contribution in [0.25, 0.3) is 22.5 Å². The number of para-hydroxylation sites is 1. The van der Waals surface area contributed by atoms with Gasteiger partial charge >= 0.3 is 5.97 Å². The molecule has 2 aromatic carbocycles. The zero-order valence-corrected chi connectivity index (χ0v) is 20.1. The van der Waals surface area contributed by atoms with Crippen molar-refractivity contribution in [2.24, 2.45) is 0 Å². The van der Waals surface area contributed by atoms with Gasteiger partial charge in [0.1, 0.15) is 5.75 Å². The maximum atomic E-state index is 11.3. The lowest BCUT2D eigenvalue weighted by Crippen LogP contribution is -2.16. The van der Waals surface area contributed by atoms with E-state index >= 15 is 0 Å². The van der Waals surface area contributed by atoms with Crippen molar-refractivity contribution in [1.29, 1.82) is 0 Å². The molecular formula is C26H32N2O6. The molecule has 0 saturated heterocycles. The Hall–Kier alpha value is -3.52. The molecule has 182 valence electrons. The number of carbonyl (C=O) groups is 1. The van der Waals surface area contributed by atoms with Crippen molar-refractivity contribution in [3.8, 4) is 39.8 Å². The molecule has 0 fully saturated rings. The Bertz CT molecular complexity index is 1120. The van der Waals surface area contributed by atoms with Gasteiger partial charge in [-0.15, -0.1) is 0 Å². The standard InChI is InChI=1S/C26H32N2O6/c1-5-12-34-23-11-10-17(14-25(30)31)13-20(23)21-15-22(28(27-21)16-18(29)6-2)19-8-7-9-24(32-3)26(19)33-4/h7-11,13,15,18,29H,5-6,12,14,16H2,1-4H3,(H,30,31). The van der Waals surface area contributed by atoms with Gasteiger partial charge < -0.3 is 24.4 Å². The first kappa shape index (κ1) is 25.1. The minimum Gasteiger partial charge on any atom is -0.493 e.